The van der Waals surface area contributed by atoms with Crippen LogP contribution in [0.3, 0.4) is 0 Å². The van der Waals surface area contributed by atoms with Gasteiger partial charge in [0.1, 0.15) is 0 Å². The quantitative estimate of drug-likeness (QED) is 0.598. The molecule has 0 bridgehead atoms. The van der Waals surface area contributed by atoms with Crippen LogP contribution in [0.2, 0.25) is 0 Å². The van der Waals surface area contributed by atoms with Gasteiger partial charge in [-0.05, 0) is 18.7 Å². The van der Waals surface area contributed by atoms with Gasteiger partial charge in [0.15, 0.2) is 0 Å². The maximum atomic E-state index is 3.93. The predicted octanol–water partition coefficient (Wildman–Crippen LogP) is 2.30. The smallest absolute Gasteiger partial charge is 0.0518 e. The molecule has 0 amide bonds. The van der Waals surface area contributed by atoms with Crippen LogP contribution >= 0.6 is 12.6 Å². The van der Waals surface area contributed by atoms with Gasteiger partial charge in [-0.25, -0.2) is 0 Å². The van der Waals surface area contributed by atoms with E-state index < -0.39 is 0 Å². The minimum absolute atomic E-state index is 1.21. The van der Waals surface area contributed by atoms with Gasteiger partial charge in [0.05, 0.1) is 6.20 Å². The van der Waals surface area contributed by atoms with Gasteiger partial charge in [-0.3, -0.25) is 4.68 Å². The fraction of sp³-hybridized carbons (Fsp3) is 0.625. The number of hydrogen-bond donors (Lipinski definition) is 1. The third-order valence-corrected chi connectivity index (χ3v) is 0.834. The first-order valence-electron chi connectivity index (χ1n) is 3.69. The summed E-state index contributed by atoms with van der Waals surface area (Å²) in [7, 11) is 1.91. The van der Waals surface area contributed by atoms with Gasteiger partial charge in [-0.1, -0.05) is 13.8 Å². The van der Waals surface area contributed by atoms with Crippen molar-refractivity contribution in [3.8, 4) is 0 Å². The van der Waals surface area contributed by atoms with Gasteiger partial charge in [-0.2, -0.15) is 17.7 Å². The van der Waals surface area contributed by atoms with E-state index in [4.69, 9.17) is 0 Å². The summed E-state index contributed by atoms with van der Waals surface area (Å²) in [6, 6.07) is 0. The highest BCUT2D eigenvalue weighted by molar-refractivity contribution is 7.79. The molecule has 3 heteroatoms. The van der Waals surface area contributed by atoms with E-state index in [9.17, 15) is 0 Å². The second kappa shape index (κ2) is 9.56. The lowest BCUT2D eigenvalue weighted by atomic mass is 10.4. The topological polar surface area (TPSA) is 17.8 Å². The Kier molecular flexibility index (Phi) is 11.4. The fourth-order valence-electron chi connectivity index (χ4n) is 0.544. The summed E-state index contributed by atoms with van der Waals surface area (Å²) in [6.07, 6.45) is 5.50. The average Bonchev–Trinajstić information content (AvgIpc) is 2.43. The summed E-state index contributed by atoms with van der Waals surface area (Å²) in [4.78, 5) is 0. The maximum Gasteiger partial charge on any atom is 0.0518 e. The Morgan fingerprint density at radius 2 is 1.82 bits per heavy atom. The van der Waals surface area contributed by atoms with Crippen LogP contribution in [0.4, 0.5) is 0 Å². The summed E-state index contributed by atoms with van der Waals surface area (Å²) in [6.45, 7) is 6.02. The van der Waals surface area contributed by atoms with Crippen molar-refractivity contribution in [2.45, 2.75) is 20.8 Å². The van der Waals surface area contributed by atoms with E-state index in [1.54, 1.807) is 10.9 Å². The lowest BCUT2D eigenvalue weighted by molar-refractivity contribution is 0.767. The minimum atomic E-state index is 1.21. The van der Waals surface area contributed by atoms with Crippen LogP contribution in [-0.2, 0) is 7.05 Å². The van der Waals surface area contributed by atoms with Gasteiger partial charge >= 0.3 is 0 Å². The molecule has 0 fully saturated rings. The van der Waals surface area contributed by atoms with Crippen molar-refractivity contribution < 1.29 is 0 Å². The molecule has 0 saturated carbocycles. The van der Waals surface area contributed by atoms with Crippen LogP contribution < -0.4 is 0 Å². The van der Waals surface area contributed by atoms with Gasteiger partial charge in [-0.15, -0.1) is 0 Å². The number of aryl methyl sites for hydroxylation is 2. The Bertz CT molecular complexity index is 144. The van der Waals surface area contributed by atoms with Crippen LogP contribution in [-0.4, -0.2) is 16.0 Å². The zero-order valence-electron chi connectivity index (χ0n) is 8.00. The molecule has 0 N–H and O–H groups in total. The standard InChI is InChI=1S/C5H8N2.C2H6.CH4S/c1-5-3-6-7(2)4-5;2*1-2/h3-4H,1-2H3;1-2H3;2H,1H3. The molecular weight excluding hydrogens is 156 g/mol. The number of thiol groups is 1. The highest BCUT2D eigenvalue weighted by Gasteiger charge is 1.81. The number of nitrogens with zero attached hydrogens (tertiary/aromatic N) is 2. The molecule has 1 rings (SSSR count). The first-order valence-corrected chi connectivity index (χ1v) is 4.58. The summed E-state index contributed by atoms with van der Waals surface area (Å²) in [5, 5.41) is 3.93. The highest BCUT2D eigenvalue weighted by atomic mass is 32.1. The van der Waals surface area contributed by atoms with Crippen molar-refractivity contribution in [2.75, 3.05) is 6.26 Å². The molecule has 0 aliphatic heterocycles. The Labute approximate surface area is 75.0 Å². The number of rotatable bonds is 0. The second-order valence-corrected chi connectivity index (χ2v) is 1.69. The molecule has 0 radical (unpaired) electrons. The Hall–Kier alpha value is -0.440. The summed E-state index contributed by atoms with van der Waals surface area (Å²) in [5.74, 6) is 0. The molecule has 0 unspecified atom stereocenters. The second-order valence-electron chi connectivity index (χ2n) is 1.69. The normalized spacial score (nSPS) is 7.09. The van der Waals surface area contributed by atoms with Gasteiger partial charge in [0.2, 0.25) is 0 Å². The van der Waals surface area contributed by atoms with Crippen LogP contribution in [0.1, 0.15) is 19.4 Å². The number of aromatic nitrogens is 2. The molecule has 0 saturated heterocycles. The predicted molar refractivity (Wildman–Crippen MR) is 54.2 cm³/mol. The Balaban J connectivity index is 0. The lowest BCUT2D eigenvalue weighted by Crippen LogP contribution is -1.83. The molecule has 2 nitrogen and oxygen atoms in total. The van der Waals surface area contributed by atoms with Crippen molar-refractivity contribution in [1.82, 2.24) is 9.78 Å². The van der Waals surface area contributed by atoms with Crippen molar-refractivity contribution in [3.63, 3.8) is 0 Å². The molecule has 11 heavy (non-hydrogen) atoms. The molecule has 66 valence electrons. The average molecular weight is 174 g/mol. The van der Waals surface area contributed by atoms with Gasteiger partial charge in [0.25, 0.3) is 0 Å². The fourth-order valence-corrected chi connectivity index (χ4v) is 0.544. The third kappa shape index (κ3) is 7.46. The summed E-state index contributed by atoms with van der Waals surface area (Å²) >= 11 is 3.53. The summed E-state index contributed by atoms with van der Waals surface area (Å²) < 4.78 is 1.79. The van der Waals surface area contributed by atoms with Crippen molar-refractivity contribution in [3.05, 3.63) is 18.0 Å². The van der Waals surface area contributed by atoms with Crippen LogP contribution in [0.25, 0.3) is 0 Å². The van der Waals surface area contributed by atoms with Crippen LogP contribution in [0.15, 0.2) is 12.4 Å². The van der Waals surface area contributed by atoms with Crippen LogP contribution in [0, 0.1) is 6.92 Å². The molecular formula is C8H18N2S. The molecule has 0 atom stereocenters. The van der Waals surface area contributed by atoms with Crippen molar-refractivity contribution in [2.24, 2.45) is 7.05 Å². The molecule has 0 aliphatic rings. The third-order valence-electron chi connectivity index (χ3n) is 0.834. The van der Waals surface area contributed by atoms with E-state index in [2.05, 4.69) is 17.7 Å². The van der Waals surface area contributed by atoms with E-state index in [0.29, 0.717) is 0 Å². The molecule has 1 heterocycles. The van der Waals surface area contributed by atoms with Gasteiger partial charge in [0, 0.05) is 13.2 Å². The lowest BCUT2D eigenvalue weighted by Gasteiger charge is -1.78. The zero-order chi connectivity index (χ0) is 9.28. The first-order chi connectivity index (χ1) is 5.29. The zero-order valence-corrected chi connectivity index (χ0v) is 8.89. The van der Waals surface area contributed by atoms with Crippen molar-refractivity contribution >= 4 is 12.6 Å². The Morgan fingerprint density at radius 3 is 1.91 bits per heavy atom. The van der Waals surface area contributed by atoms with Gasteiger partial charge < -0.3 is 0 Å². The molecule has 0 aliphatic carbocycles. The van der Waals surface area contributed by atoms with E-state index in [0.717, 1.165) is 0 Å². The van der Waals surface area contributed by atoms with Crippen molar-refractivity contribution in [1.29, 1.82) is 0 Å². The van der Waals surface area contributed by atoms with E-state index in [1.165, 1.54) is 5.56 Å². The molecule has 0 spiro atoms. The molecule has 0 aromatic carbocycles. The maximum absolute atomic E-state index is 3.93. The SMILES string of the molecule is CC.CS.Cc1cnn(C)c1. The highest BCUT2D eigenvalue weighted by Crippen LogP contribution is 1.88. The number of hydrogen-bond acceptors (Lipinski definition) is 2. The monoisotopic (exact) mass is 174 g/mol. The van der Waals surface area contributed by atoms with E-state index in [1.807, 2.05) is 40.2 Å². The molecule has 1 aromatic heterocycles. The minimum Gasteiger partial charge on any atom is -0.276 e. The largest absolute Gasteiger partial charge is 0.276 e. The van der Waals surface area contributed by atoms with E-state index in [-0.39, 0.29) is 0 Å². The van der Waals surface area contributed by atoms with E-state index >= 15 is 0 Å². The van der Waals surface area contributed by atoms with Crippen LogP contribution in [0.5, 0.6) is 0 Å². The Morgan fingerprint density at radius 1 is 1.36 bits per heavy atom. The first kappa shape index (κ1) is 13.2. The molecule has 1 aromatic rings. The summed E-state index contributed by atoms with van der Waals surface area (Å²) in [5.41, 5.74) is 1.21.